The van der Waals surface area contributed by atoms with Gasteiger partial charge in [0.15, 0.2) is 28.8 Å². The van der Waals surface area contributed by atoms with E-state index in [1.807, 2.05) is 72.8 Å². The van der Waals surface area contributed by atoms with E-state index >= 15 is 0 Å². The molecule has 0 N–H and O–H groups in total. The fourth-order valence-corrected chi connectivity index (χ4v) is 22.5. The first-order valence-corrected chi connectivity index (χ1v) is 49.2. The van der Waals surface area contributed by atoms with Crippen molar-refractivity contribution in [3.8, 4) is 113 Å². The average Bonchev–Trinajstić information content (AvgIpc) is 1.53. The van der Waals surface area contributed by atoms with E-state index in [0.29, 0.717) is 22.0 Å². The number of nitrogens with zero attached hydrogens (tertiary/aromatic N) is 9. The Hall–Kier alpha value is -19.5. The number of pyridine rings is 1. The van der Waals surface area contributed by atoms with E-state index < -0.39 is 0 Å². The van der Waals surface area contributed by atoms with Crippen molar-refractivity contribution in [2.45, 2.75) is 0 Å². The number of fused-ring (bicyclic) bond motifs is 21. The van der Waals surface area contributed by atoms with E-state index in [-0.39, 0.29) is 0 Å². The van der Waals surface area contributed by atoms with Crippen LogP contribution in [0, 0.1) is 0 Å². The van der Waals surface area contributed by atoms with E-state index in [9.17, 15) is 0 Å². The smallest absolute Gasteiger partial charge is 0.175 e. The maximum absolute atomic E-state index is 6.34. The van der Waals surface area contributed by atoms with Crippen LogP contribution >= 0.6 is 0 Å². The lowest BCUT2D eigenvalue weighted by atomic mass is 10.00. The van der Waals surface area contributed by atoms with Crippen molar-refractivity contribution in [2.24, 2.45) is 0 Å². The molecule has 0 saturated carbocycles. The third-order valence-electron chi connectivity index (χ3n) is 29.0. The fraction of sp³-hybridized carbons (Fsp3) is 0. The van der Waals surface area contributed by atoms with E-state index in [1.165, 1.54) is 98.6 Å². The molecule has 9 heterocycles. The Morgan fingerprint density at radius 2 is 0.531 bits per heavy atom. The van der Waals surface area contributed by atoms with Crippen LogP contribution in [0.4, 0.5) is 22.7 Å². The molecule has 30 rings (SSSR count). The highest BCUT2D eigenvalue weighted by Gasteiger charge is 2.49. The van der Waals surface area contributed by atoms with Gasteiger partial charge in [-0.3, -0.25) is 0 Å². The molecule has 21 aromatic carbocycles. The van der Waals surface area contributed by atoms with Crippen LogP contribution in [0.3, 0.4) is 0 Å². The molecule has 1 unspecified atom stereocenters. The monoisotopic (exact) mass is 1850 g/mol. The molecular weight excluding hydrogens is 1770 g/mol. The topological polar surface area (TPSA) is 97.6 Å². The molecule has 8 aromatic heterocycles. The maximum atomic E-state index is 6.34. The number of rotatable bonds is 13. The van der Waals surface area contributed by atoms with Gasteiger partial charge in [-0.1, -0.05) is 340 Å². The molecule has 0 radical (unpaired) electrons. The summed E-state index contributed by atoms with van der Waals surface area (Å²) in [6.07, 6.45) is 0. The second-order valence-electron chi connectivity index (χ2n) is 37.2. The zero-order valence-electron chi connectivity index (χ0n) is 78.5. The summed E-state index contributed by atoms with van der Waals surface area (Å²) in [4.78, 5) is 20.4. The number of quaternary nitrogens is 1. The highest BCUT2D eigenvalue weighted by molar-refractivity contribution is 6.16. The lowest BCUT2D eigenvalue weighted by Gasteiger charge is -2.34. The molecule has 29 aromatic rings. The number of benzene rings is 21. The van der Waals surface area contributed by atoms with Crippen molar-refractivity contribution in [1.29, 1.82) is 0 Å². The van der Waals surface area contributed by atoms with Crippen molar-refractivity contribution >= 4 is 154 Å². The van der Waals surface area contributed by atoms with Crippen molar-refractivity contribution in [1.82, 2.24) is 42.7 Å². The lowest BCUT2D eigenvalue weighted by molar-refractivity contribution is 0.669. The quantitative estimate of drug-likeness (QED) is 0.107. The first-order chi connectivity index (χ1) is 71.9. The Balaban J connectivity index is 0.000000110. The summed E-state index contributed by atoms with van der Waals surface area (Å²) in [7, 11) is 0. The van der Waals surface area contributed by atoms with Crippen LogP contribution in [-0.4, -0.2) is 38.2 Å². The van der Waals surface area contributed by atoms with Gasteiger partial charge in [0.2, 0.25) is 0 Å². The lowest BCUT2D eigenvalue weighted by Crippen LogP contribution is -2.31. The molecule has 1 atom stereocenters. The molecular formula is C134H86N9O2+. The van der Waals surface area contributed by atoms with Gasteiger partial charge in [0.25, 0.3) is 0 Å². The van der Waals surface area contributed by atoms with Crippen molar-refractivity contribution in [2.75, 3.05) is 0 Å². The summed E-state index contributed by atoms with van der Waals surface area (Å²) >= 11 is 0. The van der Waals surface area contributed by atoms with E-state index in [0.717, 1.165) is 151 Å². The van der Waals surface area contributed by atoms with Gasteiger partial charge >= 0.3 is 0 Å². The summed E-state index contributed by atoms with van der Waals surface area (Å²) in [5.41, 5.74) is 35.9. The van der Waals surface area contributed by atoms with Crippen molar-refractivity contribution in [3.05, 3.63) is 522 Å². The molecule has 678 valence electrons. The average molecular weight is 1850 g/mol. The highest BCUT2D eigenvalue weighted by Crippen LogP contribution is 2.63. The SMILES string of the molecule is c1ccc(-c2ccc3c(n2)-c2ccccc2[N+]3(c2ccc(-c3cccc(-n4c5ccccc5c5ccccc54)c3)cc2)c2cccc(-n3c4ccccc4c4ccccc43)c2)cc1.c1ccc(-c2cccc(-c3nc(-c4ccccc4)nc(-c4cccc(-c5cccc6c5oc5ccccc56)c4)n3)c2)cc1.c1ccc2c(c1)oc1ccc(-n3c4ccccc4c4cc(-n5c6ccccc6c6ccccc65)ccc43)cc12. The third-order valence-corrected chi connectivity index (χ3v) is 29.0. The maximum Gasteiger partial charge on any atom is 0.175 e. The molecule has 11 heteroatoms. The standard InChI is InChI=1S/C59H39N4.C39H25N3O.C36H22N2O/c1-2-16-41(17-3-1)52-36-37-58-59(60-52)51-26-8-13-31-57(51)63(58,46-21-15-20-44(39-46)62-55-29-11-6-24-49(55)50-25-7-12-30-56(50)62)45-34-32-40(33-35-45)42-18-14-19-43(38-42)61-53-27-9-4-22-47(53)48-23-5-10-28-54(48)61;1-3-12-26(13-4-1)28-16-9-18-30(24-28)38-40-37(27-14-5-2-6-15-27)41-39(42-38)31-19-10-17-29(25-31)32-21-11-22-34-33-20-7-8-23-35(33)43-36(32)34;1-5-13-31-25(9-1)26-10-2-6-14-32(26)37(31)23-17-19-34-29(21-23)27-11-3-7-15-33(27)38(34)24-18-20-36-30(22-24)28-12-4-8-16-35(28)39-36/h1-39H;1-25H;1-22H/q+1;;. The number of hydrogen-bond donors (Lipinski definition) is 0. The third kappa shape index (κ3) is 14.0. The van der Waals surface area contributed by atoms with Crippen LogP contribution in [0.15, 0.2) is 531 Å². The molecule has 0 amide bonds. The molecule has 1 aliphatic heterocycles. The second-order valence-corrected chi connectivity index (χ2v) is 37.2. The Labute approximate surface area is 834 Å². The summed E-state index contributed by atoms with van der Waals surface area (Å²) < 4.78 is 22.4. The second kappa shape index (κ2) is 34.6. The molecule has 1 aliphatic rings. The van der Waals surface area contributed by atoms with Gasteiger partial charge < -0.3 is 27.1 Å². The minimum atomic E-state index is 0.389. The molecule has 0 fully saturated rings. The summed E-state index contributed by atoms with van der Waals surface area (Å²) in [6.45, 7) is 0. The normalized spacial score (nSPS) is 12.9. The number of aromatic nitrogens is 8. The van der Waals surface area contributed by atoms with E-state index in [4.69, 9.17) is 28.8 Å². The minimum absolute atomic E-state index is 0.389. The molecule has 0 aliphatic carbocycles. The number of hydrogen-bond acceptors (Lipinski definition) is 6. The highest BCUT2D eigenvalue weighted by atomic mass is 16.3. The molecule has 11 nitrogen and oxygen atoms in total. The Morgan fingerprint density at radius 1 is 0.172 bits per heavy atom. The largest absolute Gasteiger partial charge is 0.456 e. The zero-order chi connectivity index (χ0) is 95.6. The van der Waals surface area contributed by atoms with Gasteiger partial charge in [-0.25, -0.2) is 19.9 Å². The number of para-hydroxylation sites is 11. The van der Waals surface area contributed by atoms with Gasteiger partial charge in [0, 0.05) is 146 Å². The van der Waals surface area contributed by atoms with Crippen LogP contribution in [0.1, 0.15) is 0 Å². The predicted octanol–water partition coefficient (Wildman–Crippen LogP) is 35.8. The summed E-state index contributed by atoms with van der Waals surface area (Å²) in [5, 5.41) is 14.5. The van der Waals surface area contributed by atoms with Crippen molar-refractivity contribution in [3.63, 3.8) is 0 Å². The Bertz CT molecular complexity index is 10000. The van der Waals surface area contributed by atoms with E-state index in [2.05, 4.69) is 467 Å². The molecule has 0 spiro atoms. The Morgan fingerprint density at radius 3 is 1.09 bits per heavy atom. The molecule has 0 saturated heterocycles. The first kappa shape index (κ1) is 83.7. The van der Waals surface area contributed by atoms with Crippen LogP contribution < -0.4 is 4.48 Å². The van der Waals surface area contributed by atoms with Crippen LogP contribution in [-0.2, 0) is 0 Å². The van der Waals surface area contributed by atoms with Crippen LogP contribution in [0.2, 0.25) is 0 Å². The van der Waals surface area contributed by atoms with Gasteiger partial charge in [0.05, 0.1) is 61.1 Å². The van der Waals surface area contributed by atoms with Gasteiger partial charge in [-0.15, -0.1) is 0 Å². The number of furan rings is 2. The van der Waals surface area contributed by atoms with Gasteiger partial charge in [-0.05, 0) is 173 Å². The molecule has 0 bridgehead atoms. The first-order valence-electron chi connectivity index (χ1n) is 49.2. The fourth-order valence-electron chi connectivity index (χ4n) is 22.5. The van der Waals surface area contributed by atoms with E-state index in [1.54, 1.807) is 0 Å². The van der Waals surface area contributed by atoms with Crippen molar-refractivity contribution < 1.29 is 8.83 Å². The Kier molecular flexibility index (Phi) is 19.9. The van der Waals surface area contributed by atoms with Crippen LogP contribution in [0.5, 0.6) is 0 Å². The minimum Gasteiger partial charge on any atom is -0.456 e. The summed E-state index contributed by atoms with van der Waals surface area (Å²) in [6, 6.07) is 185. The summed E-state index contributed by atoms with van der Waals surface area (Å²) in [5.74, 6) is 1.88. The van der Waals surface area contributed by atoms with Crippen LogP contribution in [0.25, 0.3) is 244 Å². The molecule has 145 heavy (non-hydrogen) atoms. The predicted molar refractivity (Wildman–Crippen MR) is 600 cm³/mol. The zero-order valence-corrected chi connectivity index (χ0v) is 78.5. The van der Waals surface area contributed by atoms with Gasteiger partial charge in [0.1, 0.15) is 39.4 Å². The van der Waals surface area contributed by atoms with Gasteiger partial charge in [-0.2, -0.15) is 4.48 Å².